The minimum atomic E-state index is -0.729. The summed E-state index contributed by atoms with van der Waals surface area (Å²) in [5.74, 6) is 9.65. The first-order valence-electron chi connectivity index (χ1n) is 24.0. The fourth-order valence-electron chi connectivity index (χ4n) is 3.94. The molecule has 0 aromatic rings. The number of aldehydes is 1. The molecule has 0 saturated heterocycles. The summed E-state index contributed by atoms with van der Waals surface area (Å²) in [6.07, 6.45) is 53.7. The summed E-state index contributed by atoms with van der Waals surface area (Å²) in [7, 11) is 0. The first-order valence-corrected chi connectivity index (χ1v) is 29.3. The van der Waals surface area contributed by atoms with E-state index in [0.29, 0.717) is 35.8 Å². The molecule has 0 aromatic carbocycles. The quantitative estimate of drug-likeness (QED) is 0.0163. The monoisotopic (exact) mass is 1030 g/mol. The van der Waals surface area contributed by atoms with E-state index < -0.39 is 18.0 Å². The van der Waals surface area contributed by atoms with E-state index in [4.69, 9.17) is 15.3 Å². The Morgan fingerprint density at radius 2 is 0.750 bits per heavy atom. The zero-order valence-electron chi connectivity index (χ0n) is 43.6. The number of unbranched alkanes of at least 4 members (excludes halogenated alkanes) is 2. The minimum absolute atomic E-state index is 0.246. The summed E-state index contributed by atoms with van der Waals surface area (Å²) in [6.45, 7) is 21.2. The van der Waals surface area contributed by atoms with Crippen molar-refractivity contribution in [2.24, 2.45) is 23.7 Å². The molecule has 0 aromatic heterocycles. The highest BCUT2D eigenvalue weighted by Crippen LogP contribution is 2.05. The first-order chi connectivity index (χ1) is 32.6. The minimum Gasteiger partial charge on any atom is -0.481 e. The second kappa shape index (κ2) is 66.3. The summed E-state index contributed by atoms with van der Waals surface area (Å²) in [5.41, 5.74) is 0. The molecule has 0 aliphatic rings. The number of carboxylic acids is 2. The largest absolute Gasteiger partial charge is 0.481 e. The highest BCUT2D eigenvalue weighted by Gasteiger charge is 1.94. The third-order valence-corrected chi connectivity index (χ3v) is 10.8. The Kier molecular flexibility index (Phi) is 72.3. The number of carbonyl (C=O) groups excluding carboxylic acids is 1. The molecule has 0 amide bonds. The van der Waals surface area contributed by atoms with Crippen molar-refractivity contribution in [3.05, 3.63) is 146 Å². The molecule has 0 aliphatic heterocycles. The van der Waals surface area contributed by atoms with Crippen LogP contribution in [0.2, 0.25) is 0 Å². The predicted octanol–water partition coefficient (Wildman–Crippen LogP) is 16.2. The van der Waals surface area contributed by atoms with E-state index >= 15 is 0 Å². The van der Waals surface area contributed by atoms with Gasteiger partial charge in [-0.05, 0) is 62.0 Å². The zero-order chi connectivity index (χ0) is 52.2. The average molecular weight is 1040 g/mol. The lowest BCUT2D eigenvalue weighted by Gasteiger charge is -1.92. The van der Waals surface area contributed by atoms with E-state index in [-0.39, 0.29) is 12.8 Å². The van der Waals surface area contributed by atoms with Crippen LogP contribution in [0, 0.1) is 23.7 Å². The van der Waals surface area contributed by atoms with Crippen molar-refractivity contribution >= 4 is 77.9 Å². The van der Waals surface area contributed by atoms with Gasteiger partial charge in [-0.1, -0.05) is 208 Å². The van der Waals surface area contributed by atoms with E-state index in [0.717, 1.165) is 65.8 Å². The van der Waals surface area contributed by atoms with Crippen LogP contribution in [0.1, 0.15) is 108 Å². The fourth-order valence-corrected chi connectivity index (χ4v) is 6.33. The number of hydrogen-bond donors (Lipinski definition) is 4. The molecule has 0 saturated carbocycles. The Morgan fingerprint density at radius 1 is 0.441 bits per heavy atom. The maximum Gasteiger partial charge on any atom is 0.303 e. The van der Waals surface area contributed by atoms with Gasteiger partial charge in [-0.2, -0.15) is 59.7 Å². The van der Waals surface area contributed by atoms with Crippen molar-refractivity contribution < 1.29 is 29.7 Å². The van der Waals surface area contributed by atoms with E-state index in [1.54, 1.807) is 36.5 Å². The standard InChI is InChI=1S/C15H24O2S.C14H22O3S.C10H16OS.C10H18S.C8H14S/c1-14(2)10-6-5-9-13-18-12-8-4-3-7-11-15(16)17;1-13(15)9-5-4-8-12-18-11-7-3-2-6-10-14(16)17;1-10(2)6-4-3-5-8-12-9-7-11;1-4-11-9-7-5-6-8-10(2)3;1-8(2)6-4-3-5-7-9/h4-6,8-10,14H,3,7,11-13H2,1-2H3,(H,16,17);3-5,7-9,13,15H,2,6,10-12H2,1H3,(H,16,17);3-7,10H,8-9H2,1-2H3;5-8,10H,4,9H2,1-3H3;3-6,8-9H,7H2,1-2H3/b8-4-,9-5-,10-6+;7-3-,8-4-,9-5+;5-3-,6-4+;7-5-,8-6+;5-3-,6-4+. The smallest absolute Gasteiger partial charge is 0.303 e. The van der Waals surface area contributed by atoms with Gasteiger partial charge in [-0.15, -0.1) is 0 Å². The number of thiol groups is 1. The number of carboxylic acid groups (broad SMARTS) is 2. The lowest BCUT2D eigenvalue weighted by Crippen LogP contribution is -1.92. The maximum atomic E-state index is 10.3. The third-order valence-electron chi connectivity index (χ3n) is 7.25. The number of allylic oxidation sites excluding steroid dienone is 16. The second-order valence-corrected chi connectivity index (χ2v) is 20.8. The summed E-state index contributed by atoms with van der Waals surface area (Å²) < 4.78 is 0. The Bertz CT molecular complexity index is 1400. The second-order valence-electron chi connectivity index (χ2n) is 15.9. The van der Waals surface area contributed by atoms with Crippen molar-refractivity contribution in [2.45, 2.75) is 114 Å². The van der Waals surface area contributed by atoms with Gasteiger partial charge in [-0.25, -0.2) is 0 Å². The molecule has 6 nitrogen and oxygen atoms in total. The number of aliphatic carboxylic acids is 2. The van der Waals surface area contributed by atoms with Gasteiger partial charge in [0.05, 0.1) is 6.10 Å². The molecule has 0 bridgehead atoms. The van der Waals surface area contributed by atoms with Crippen molar-refractivity contribution in [2.75, 3.05) is 51.8 Å². The van der Waals surface area contributed by atoms with Gasteiger partial charge >= 0.3 is 11.9 Å². The number of aliphatic hydroxyl groups excluding tert-OH is 1. The summed E-state index contributed by atoms with van der Waals surface area (Å²) >= 11 is 11.2. The molecule has 388 valence electrons. The maximum absolute atomic E-state index is 10.3. The lowest BCUT2D eigenvalue weighted by atomic mass is 10.2. The fraction of sp³-hybridized carbons (Fsp3) is 0.526. The van der Waals surface area contributed by atoms with Gasteiger partial charge < -0.3 is 20.1 Å². The van der Waals surface area contributed by atoms with Gasteiger partial charge in [0.1, 0.15) is 6.29 Å². The van der Waals surface area contributed by atoms with Gasteiger partial charge in [0.25, 0.3) is 0 Å². The van der Waals surface area contributed by atoms with Crippen LogP contribution in [0.5, 0.6) is 0 Å². The zero-order valence-corrected chi connectivity index (χ0v) is 47.7. The highest BCUT2D eigenvalue weighted by molar-refractivity contribution is 8.00. The number of hydrogen-bond acceptors (Lipinski definition) is 9. The number of aliphatic hydroxyl groups is 1. The molecule has 0 rings (SSSR count). The van der Waals surface area contributed by atoms with Crippen LogP contribution in [0.25, 0.3) is 0 Å². The van der Waals surface area contributed by atoms with Crippen LogP contribution in [0.15, 0.2) is 146 Å². The molecule has 0 spiro atoms. The van der Waals surface area contributed by atoms with E-state index in [2.05, 4.69) is 166 Å². The van der Waals surface area contributed by atoms with Crippen LogP contribution < -0.4 is 0 Å². The van der Waals surface area contributed by atoms with Crippen molar-refractivity contribution in [3.63, 3.8) is 0 Å². The van der Waals surface area contributed by atoms with Crippen LogP contribution in [0.4, 0.5) is 0 Å². The summed E-state index contributed by atoms with van der Waals surface area (Å²) in [4.78, 5) is 30.4. The molecular formula is C57H94O6S5. The van der Waals surface area contributed by atoms with Gasteiger partial charge in [0.2, 0.25) is 0 Å². The molecule has 1 atom stereocenters. The Morgan fingerprint density at radius 3 is 1.04 bits per heavy atom. The summed E-state index contributed by atoms with van der Waals surface area (Å²) in [6, 6.07) is 0. The lowest BCUT2D eigenvalue weighted by molar-refractivity contribution is -0.138. The Hall–Kier alpha value is -2.80. The van der Waals surface area contributed by atoms with Crippen LogP contribution in [0.3, 0.4) is 0 Å². The molecule has 0 heterocycles. The molecule has 0 aliphatic carbocycles. The van der Waals surface area contributed by atoms with E-state index in [9.17, 15) is 14.4 Å². The Labute approximate surface area is 439 Å². The molecule has 0 fully saturated rings. The van der Waals surface area contributed by atoms with Crippen molar-refractivity contribution in [3.8, 4) is 0 Å². The predicted molar refractivity (Wildman–Crippen MR) is 319 cm³/mol. The molecule has 0 radical (unpaired) electrons. The van der Waals surface area contributed by atoms with Crippen LogP contribution in [-0.2, 0) is 14.4 Å². The van der Waals surface area contributed by atoms with Crippen molar-refractivity contribution in [1.82, 2.24) is 0 Å². The highest BCUT2D eigenvalue weighted by atomic mass is 32.2. The molecule has 3 N–H and O–H groups in total. The number of thioether (sulfide) groups is 4. The van der Waals surface area contributed by atoms with Crippen molar-refractivity contribution in [1.29, 1.82) is 0 Å². The normalized spacial score (nSPS) is 12.7. The van der Waals surface area contributed by atoms with E-state index in [1.165, 1.54) is 5.75 Å². The van der Waals surface area contributed by atoms with Gasteiger partial charge in [-0.3, -0.25) is 9.59 Å². The average Bonchev–Trinajstić information content (AvgIpc) is 3.27. The van der Waals surface area contributed by atoms with Gasteiger partial charge in [0, 0.05) is 58.9 Å². The summed E-state index contributed by atoms with van der Waals surface area (Å²) in [5, 5.41) is 25.8. The topological polar surface area (TPSA) is 112 Å². The molecular weight excluding hydrogens is 941 g/mol. The molecule has 68 heavy (non-hydrogen) atoms. The van der Waals surface area contributed by atoms with E-state index in [1.807, 2.05) is 72.1 Å². The number of rotatable bonds is 34. The molecule has 11 heteroatoms. The number of carbonyl (C=O) groups is 3. The van der Waals surface area contributed by atoms with Gasteiger partial charge in [0.15, 0.2) is 0 Å². The third kappa shape index (κ3) is 97.0. The van der Waals surface area contributed by atoms with Crippen LogP contribution >= 0.6 is 59.7 Å². The Balaban J connectivity index is -0.000000249. The molecule has 1 unspecified atom stereocenters. The SMILES string of the molecule is CC(C)/C=C/C=C\CS.CC(C)/C=C/C=C\CSC/C=C\CCCC(=O)O.CC(C)/C=C/C=C\CSCC=O.CC(O)/C=C/C=C\CSC/C=C\CCCC(=O)O.CCSC/C=C\C=C\C(C)C. The van der Waals surface area contributed by atoms with Crippen LogP contribution in [-0.4, -0.2) is 91.4 Å². The first kappa shape index (κ1) is 74.2.